The zero-order valence-corrected chi connectivity index (χ0v) is 13.2. The van der Waals surface area contributed by atoms with Crippen molar-refractivity contribution < 1.29 is 0 Å². The van der Waals surface area contributed by atoms with Crippen molar-refractivity contribution in [2.45, 2.75) is 25.3 Å². The normalized spacial score (nSPS) is 11.7. The first-order valence-electron chi connectivity index (χ1n) is 6.46. The average molecular weight is 317 g/mol. The van der Waals surface area contributed by atoms with Crippen molar-refractivity contribution in [2.75, 3.05) is 0 Å². The number of benzene rings is 1. The van der Waals surface area contributed by atoms with Crippen molar-refractivity contribution in [3.05, 3.63) is 46.2 Å². The first-order chi connectivity index (χ1) is 10.1. The summed E-state index contributed by atoms with van der Waals surface area (Å²) in [7, 11) is 0. The Morgan fingerprint density at radius 3 is 2.86 bits per heavy atom. The number of alkyl halides is 1. The van der Waals surface area contributed by atoms with Crippen molar-refractivity contribution in [3.8, 4) is 6.07 Å². The van der Waals surface area contributed by atoms with Gasteiger partial charge in [0.2, 0.25) is 0 Å². The van der Waals surface area contributed by atoms with E-state index in [9.17, 15) is 0 Å². The summed E-state index contributed by atoms with van der Waals surface area (Å²) >= 11 is 7.68. The molecule has 0 aliphatic rings. The third-order valence-corrected chi connectivity index (χ3v) is 4.81. The highest BCUT2D eigenvalue weighted by Gasteiger charge is 2.30. The van der Waals surface area contributed by atoms with Gasteiger partial charge in [0.25, 0.3) is 0 Å². The molecule has 0 bridgehead atoms. The molecule has 0 N–H and O–H groups in total. The van der Waals surface area contributed by atoms with E-state index in [1.165, 1.54) is 0 Å². The molecule has 0 spiro atoms. The van der Waals surface area contributed by atoms with Crippen molar-refractivity contribution >= 4 is 34.0 Å². The molecule has 0 radical (unpaired) electrons. The predicted octanol–water partition coefficient (Wildman–Crippen LogP) is 3.89. The summed E-state index contributed by atoms with van der Waals surface area (Å²) in [6.45, 7) is 4.17. The summed E-state index contributed by atoms with van der Waals surface area (Å²) in [5.74, 6) is 1.09. The quantitative estimate of drug-likeness (QED) is 0.689. The van der Waals surface area contributed by atoms with Crippen LogP contribution >= 0.6 is 22.9 Å². The molecule has 106 valence electrons. The molecule has 1 aromatic carbocycles. The van der Waals surface area contributed by atoms with Crippen LogP contribution < -0.4 is 0 Å². The molecule has 0 aliphatic heterocycles. The molecule has 21 heavy (non-hydrogen) atoms. The molecular formula is C15H13ClN4S. The van der Waals surface area contributed by atoms with Gasteiger partial charge in [0.15, 0.2) is 0 Å². The molecule has 0 aliphatic carbocycles. The average Bonchev–Trinajstić information content (AvgIpc) is 3.13. The minimum Gasteiger partial charge on any atom is -0.315 e. The molecule has 0 amide bonds. The molecule has 2 aromatic heterocycles. The third kappa shape index (κ3) is 2.21. The Kier molecular flexibility index (Phi) is 3.44. The number of imidazole rings is 1. The fraction of sp³-hybridized carbons (Fsp3) is 0.267. The first kappa shape index (κ1) is 14.1. The maximum absolute atomic E-state index is 9.12. The second-order valence-corrected chi connectivity index (χ2v) is 6.37. The van der Waals surface area contributed by atoms with Crippen LogP contribution in [0.5, 0.6) is 0 Å². The number of aromatic nitrogens is 3. The van der Waals surface area contributed by atoms with Gasteiger partial charge in [0.1, 0.15) is 10.8 Å². The monoisotopic (exact) mass is 316 g/mol. The molecule has 3 aromatic rings. The Morgan fingerprint density at radius 1 is 1.43 bits per heavy atom. The summed E-state index contributed by atoms with van der Waals surface area (Å²) in [5.41, 5.74) is 1.99. The second kappa shape index (κ2) is 5.14. The van der Waals surface area contributed by atoms with E-state index in [0.717, 1.165) is 21.9 Å². The number of nitrogens with zero attached hydrogens (tertiary/aromatic N) is 4. The molecule has 0 unspecified atom stereocenters. The van der Waals surface area contributed by atoms with Crippen LogP contribution in [0.2, 0.25) is 0 Å². The lowest BCUT2D eigenvalue weighted by molar-refractivity contribution is 0.435. The lowest BCUT2D eigenvalue weighted by Gasteiger charge is -2.27. The Labute approximate surface area is 131 Å². The van der Waals surface area contributed by atoms with Gasteiger partial charge in [0, 0.05) is 11.6 Å². The van der Waals surface area contributed by atoms with E-state index in [-0.39, 0.29) is 5.54 Å². The molecule has 0 saturated heterocycles. The Bertz CT molecular complexity index is 827. The van der Waals surface area contributed by atoms with E-state index in [4.69, 9.17) is 16.9 Å². The lowest BCUT2D eigenvalue weighted by Crippen LogP contribution is -2.29. The van der Waals surface area contributed by atoms with E-state index in [0.29, 0.717) is 11.4 Å². The SMILES string of the molecule is CC(C)(c1nccs1)n1c(CCl)nc2ccc(C#N)cc21. The fourth-order valence-electron chi connectivity index (χ4n) is 2.53. The van der Waals surface area contributed by atoms with Crippen LogP contribution in [-0.4, -0.2) is 14.5 Å². The minimum atomic E-state index is -0.374. The van der Waals surface area contributed by atoms with E-state index < -0.39 is 0 Å². The molecule has 0 atom stereocenters. The Morgan fingerprint density at radius 2 is 2.24 bits per heavy atom. The molecule has 3 rings (SSSR count). The van der Waals surface area contributed by atoms with Crippen LogP contribution in [0.25, 0.3) is 11.0 Å². The Balaban J connectivity index is 2.32. The van der Waals surface area contributed by atoms with Crippen molar-refractivity contribution in [1.82, 2.24) is 14.5 Å². The summed E-state index contributed by atoms with van der Waals surface area (Å²) < 4.78 is 2.08. The van der Waals surface area contributed by atoms with Crippen molar-refractivity contribution in [2.24, 2.45) is 0 Å². The maximum Gasteiger partial charge on any atom is 0.125 e. The minimum absolute atomic E-state index is 0.311. The number of rotatable bonds is 3. The molecule has 6 heteroatoms. The number of nitriles is 1. The smallest absolute Gasteiger partial charge is 0.125 e. The molecule has 0 saturated carbocycles. The van der Waals surface area contributed by atoms with Gasteiger partial charge in [-0.25, -0.2) is 9.97 Å². The lowest BCUT2D eigenvalue weighted by atomic mass is 10.1. The number of halogens is 1. The van der Waals surface area contributed by atoms with Crippen LogP contribution in [0.1, 0.15) is 30.2 Å². The molecule has 2 heterocycles. The number of hydrogen-bond acceptors (Lipinski definition) is 4. The van der Waals surface area contributed by atoms with Gasteiger partial charge >= 0.3 is 0 Å². The highest BCUT2D eigenvalue weighted by molar-refractivity contribution is 7.09. The predicted molar refractivity (Wildman–Crippen MR) is 84.5 cm³/mol. The van der Waals surface area contributed by atoms with Gasteiger partial charge in [-0.3, -0.25) is 0 Å². The number of thiazole rings is 1. The topological polar surface area (TPSA) is 54.5 Å². The highest BCUT2D eigenvalue weighted by atomic mass is 35.5. The zero-order valence-electron chi connectivity index (χ0n) is 11.7. The highest BCUT2D eigenvalue weighted by Crippen LogP contribution is 2.33. The van der Waals surface area contributed by atoms with Gasteiger partial charge in [-0.2, -0.15) is 5.26 Å². The fourth-order valence-corrected chi connectivity index (χ4v) is 3.46. The first-order valence-corrected chi connectivity index (χ1v) is 7.87. The van der Waals surface area contributed by atoms with E-state index >= 15 is 0 Å². The Hall–Kier alpha value is -1.90. The number of hydrogen-bond donors (Lipinski definition) is 0. The maximum atomic E-state index is 9.12. The summed E-state index contributed by atoms with van der Waals surface area (Å²) in [5, 5.41) is 12.1. The third-order valence-electron chi connectivity index (χ3n) is 3.49. The van der Waals surface area contributed by atoms with Crippen LogP contribution in [0, 0.1) is 11.3 Å². The number of fused-ring (bicyclic) bond motifs is 1. The van der Waals surface area contributed by atoms with E-state index in [1.54, 1.807) is 23.6 Å². The van der Waals surface area contributed by atoms with Gasteiger partial charge in [-0.05, 0) is 32.0 Å². The summed E-state index contributed by atoms with van der Waals surface area (Å²) in [6.07, 6.45) is 1.79. The second-order valence-electron chi connectivity index (χ2n) is 5.21. The van der Waals surface area contributed by atoms with Crippen molar-refractivity contribution in [1.29, 1.82) is 5.26 Å². The molecule has 4 nitrogen and oxygen atoms in total. The largest absolute Gasteiger partial charge is 0.315 e. The van der Waals surface area contributed by atoms with Gasteiger partial charge in [0.05, 0.1) is 34.1 Å². The van der Waals surface area contributed by atoms with Gasteiger partial charge in [-0.15, -0.1) is 22.9 Å². The van der Waals surface area contributed by atoms with Crippen LogP contribution in [-0.2, 0) is 11.4 Å². The zero-order chi connectivity index (χ0) is 15.0. The van der Waals surface area contributed by atoms with Crippen molar-refractivity contribution in [3.63, 3.8) is 0 Å². The summed E-state index contributed by atoms with van der Waals surface area (Å²) in [6, 6.07) is 7.66. The van der Waals surface area contributed by atoms with Crippen LogP contribution in [0.3, 0.4) is 0 Å². The van der Waals surface area contributed by atoms with Crippen LogP contribution in [0.4, 0.5) is 0 Å². The van der Waals surface area contributed by atoms with Crippen LogP contribution in [0.15, 0.2) is 29.8 Å². The molecular weight excluding hydrogens is 304 g/mol. The molecule has 0 fully saturated rings. The standard InChI is InChI=1S/C15H13ClN4S/c1-15(2,14-18-5-6-21-14)20-12-7-10(9-17)3-4-11(12)19-13(20)8-16/h3-7H,8H2,1-2H3. The summed E-state index contributed by atoms with van der Waals surface area (Å²) in [4.78, 5) is 9.01. The van der Waals surface area contributed by atoms with Gasteiger partial charge < -0.3 is 4.57 Å². The van der Waals surface area contributed by atoms with Gasteiger partial charge in [-0.1, -0.05) is 0 Å². The van der Waals surface area contributed by atoms with E-state index in [2.05, 4.69) is 34.5 Å². The van der Waals surface area contributed by atoms with E-state index in [1.807, 2.05) is 17.5 Å².